The highest BCUT2D eigenvalue weighted by atomic mass is 32.1. The predicted octanol–water partition coefficient (Wildman–Crippen LogP) is 4.30. The molecule has 0 N–H and O–H groups in total. The molecule has 1 amide bonds. The number of methoxy groups -OCH3 is 1. The van der Waals surface area contributed by atoms with Crippen LogP contribution in [0.3, 0.4) is 0 Å². The standard InChI is InChI=1S/C19H23NO3S/c1-12(2)23-16-6-5-14(11-17(16)22-4)19(21)20-9-7-18-15(13(20)3)8-10-24-18/h5-6,8,10-13H,7,9H2,1-4H3/t13-/m1/s1. The normalized spacial score (nSPS) is 16.9. The fourth-order valence-electron chi connectivity index (χ4n) is 3.10. The molecule has 0 bridgehead atoms. The number of carbonyl (C=O) groups excluding carboxylic acids is 1. The third-order valence-corrected chi connectivity index (χ3v) is 5.31. The van der Waals surface area contributed by atoms with Crippen LogP contribution in [0.25, 0.3) is 0 Å². The van der Waals surface area contributed by atoms with Gasteiger partial charge in [0.15, 0.2) is 11.5 Å². The summed E-state index contributed by atoms with van der Waals surface area (Å²) in [6.07, 6.45) is 0.981. The zero-order valence-corrected chi connectivity index (χ0v) is 15.4. The van der Waals surface area contributed by atoms with Crippen LogP contribution in [-0.2, 0) is 6.42 Å². The molecule has 0 radical (unpaired) electrons. The lowest BCUT2D eigenvalue weighted by molar-refractivity contribution is 0.0679. The zero-order chi connectivity index (χ0) is 17.3. The maximum Gasteiger partial charge on any atom is 0.254 e. The van der Waals surface area contributed by atoms with Gasteiger partial charge in [-0.2, -0.15) is 0 Å². The SMILES string of the molecule is COc1cc(C(=O)N2CCc3sccc3[C@H]2C)ccc1OC(C)C. The Kier molecular flexibility index (Phi) is 4.81. The summed E-state index contributed by atoms with van der Waals surface area (Å²) < 4.78 is 11.1. The van der Waals surface area contributed by atoms with Crippen molar-refractivity contribution in [3.63, 3.8) is 0 Å². The maximum absolute atomic E-state index is 13.0. The molecule has 2 aromatic rings. The minimum absolute atomic E-state index is 0.0359. The van der Waals surface area contributed by atoms with E-state index in [4.69, 9.17) is 9.47 Å². The Balaban J connectivity index is 1.85. The quantitative estimate of drug-likeness (QED) is 0.829. The monoisotopic (exact) mass is 345 g/mol. The Hall–Kier alpha value is -2.01. The van der Waals surface area contributed by atoms with Crippen molar-refractivity contribution < 1.29 is 14.3 Å². The number of benzene rings is 1. The van der Waals surface area contributed by atoms with Gasteiger partial charge < -0.3 is 14.4 Å². The molecule has 0 unspecified atom stereocenters. The molecular weight excluding hydrogens is 322 g/mol. The molecule has 1 aliphatic rings. The predicted molar refractivity (Wildman–Crippen MR) is 96.2 cm³/mol. The second kappa shape index (κ2) is 6.85. The molecule has 1 atom stereocenters. The summed E-state index contributed by atoms with van der Waals surface area (Å²) in [4.78, 5) is 16.3. The molecule has 128 valence electrons. The summed E-state index contributed by atoms with van der Waals surface area (Å²) >= 11 is 1.78. The molecule has 0 saturated carbocycles. The number of fused-ring (bicyclic) bond motifs is 1. The van der Waals surface area contributed by atoms with E-state index in [2.05, 4.69) is 18.4 Å². The highest BCUT2D eigenvalue weighted by Crippen LogP contribution is 2.35. The second-order valence-corrected chi connectivity index (χ2v) is 7.26. The first kappa shape index (κ1) is 16.8. The third-order valence-electron chi connectivity index (χ3n) is 4.31. The van der Waals surface area contributed by atoms with E-state index in [9.17, 15) is 4.79 Å². The lowest BCUT2D eigenvalue weighted by Gasteiger charge is -2.33. The lowest BCUT2D eigenvalue weighted by Crippen LogP contribution is -2.38. The summed E-state index contributed by atoms with van der Waals surface area (Å²) in [5, 5.41) is 2.11. The van der Waals surface area contributed by atoms with Crippen LogP contribution in [0.5, 0.6) is 11.5 Å². The van der Waals surface area contributed by atoms with Gasteiger partial charge >= 0.3 is 0 Å². The van der Waals surface area contributed by atoms with Gasteiger partial charge in [0, 0.05) is 17.0 Å². The number of nitrogens with zero attached hydrogens (tertiary/aromatic N) is 1. The largest absolute Gasteiger partial charge is 0.493 e. The molecule has 0 saturated heterocycles. The Morgan fingerprint density at radius 3 is 2.79 bits per heavy atom. The van der Waals surface area contributed by atoms with Gasteiger partial charge in [0.25, 0.3) is 5.91 Å². The van der Waals surface area contributed by atoms with E-state index in [0.29, 0.717) is 17.1 Å². The van der Waals surface area contributed by atoms with Crippen LogP contribution in [0.4, 0.5) is 0 Å². The van der Waals surface area contributed by atoms with Crippen LogP contribution in [0.2, 0.25) is 0 Å². The molecule has 1 aliphatic heterocycles. The lowest BCUT2D eigenvalue weighted by atomic mass is 10.00. The number of hydrogen-bond donors (Lipinski definition) is 0. The summed E-state index contributed by atoms with van der Waals surface area (Å²) in [5.41, 5.74) is 1.90. The maximum atomic E-state index is 13.0. The smallest absolute Gasteiger partial charge is 0.254 e. The summed E-state index contributed by atoms with van der Waals surface area (Å²) in [6, 6.07) is 7.64. The molecule has 4 nitrogen and oxygen atoms in total. The molecule has 0 aliphatic carbocycles. The number of thiophene rings is 1. The Bertz CT molecular complexity index is 738. The van der Waals surface area contributed by atoms with Crippen molar-refractivity contribution in [2.45, 2.75) is 39.3 Å². The van der Waals surface area contributed by atoms with Crippen molar-refractivity contribution in [3.8, 4) is 11.5 Å². The number of ether oxygens (including phenoxy) is 2. The molecule has 24 heavy (non-hydrogen) atoms. The van der Waals surface area contributed by atoms with E-state index in [-0.39, 0.29) is 18.1 Å². The molecule has 2 heterocycles. The van der Waals surface area contributed by atoms with Crippen molar-refractivity contribution in [2.75, 3.05) is 13.7 Å². The number of rotatable bonds is 4. The molecule has 1 aromatic heterocycles. The van der Waals surface area contributed by atoms with E-state index in [1.165, 1.54) is 10.4 Å². The zero-order valence-electron chi connectivity index (χ0n) is 14.5. The summed E-state index contributed by atoms with van der Waals surface area (Å²) in [6.45, 7) is 6.77. The van der Waals surface area contributed by atoms with Gasteiger partial charge in [-0.25, -0.2) is 0 Å². The van der Waals surface area contributed by atoms with Gasteiger partial charge in [-0.05, 0) is 62.4 Å². The Morgan fingerprint density at radius 1 is 1.29 bits per heavy atom. The minimum atomic E-state index is 0.0359. The van der Waals surface area contributed by atoms with Crippen LogP contribution in [0, 0.1) is 0 Å². The molecule has 0 spiro atoms. The number of hydrogen-bond acceptors (Lipinski definition) is 4. The first-order valence-corrected chi connectivity index (χ1v) is 9.11. The topological polar surface area (TPSA) is 38.8 Å². The van der Waals surface area contributed by atoms with Gasteiger partial charge in [0.2, 0.25) is 0 Å². The molecule has 3 rings (SSSR count). The molecule has 0 fully saturated rings. The minimum Gasteiger partial charge on any atom is -0.493 e. The highest BCUT2D eigenvalue weighted by Gasteiger charge is 2.29. The summed E-state index contributed by atoms with van der Waals surface area (Å²) in [5.74, 6) is 1.29. The average Bonchev–Trinajstić information content (AvgIpc) is 3.04. The summed E-state index contributed by atoms with van der Waals surface area (Å²) in [7, 11) is 1.60. The van der Waals surface area contributed by atoms with Crippen molar-refractivity contribution >= 4 is 17.2 Å². The van der Waals surface area contributed by atoms with Gasteiger partial charge in [-0.15, -0.1) is 11.3 Å². The third kappa shape index (κ3) is 3.13. The highest BCUT2D eigenvalue weighted by molar-refractivity contribution is 7.10. The second-order valence-electron chi connectivity index (χ2n) is 6.26. The molecule has 1 aromatic carbocycles. The first-order chi connectivity index (χ1) is 11.5. The van der Waals surface area contributed by atoms with E-state index in [1.807, 2.05) is 30.9 Å². The van der Waals surface area contributed by atoms with Crippen LogP contribution >= 0.6 is 11.3 Å². The fraction of sp³-hybridized carbons (Fsp3) is 0.421. The van der Waals surface area contributed by atoms with Crippen LogP contribution < -0.4 is 9.47 Å². The number of amides is 1. The first-order valence-electron chi connectivity index (χ1n) is 8.23. The number of carbonyl (C=O) groups is 1. The van der Waals surface area contributed by atoms with Gasteiger partial charge in [0.1, 0.15) is 0 Å². The van der Waals surface area contributed by atoms with Gasteiger partial charge in [0.05, 0.1) is 19.3 Å². The van der Waals surface area contributed by atoms with Crippen LogP contribution in [0.15, 0.2) is 29.6 Å². The average molecular weight is 345 g/mol. The van der Waals surface area contributed by atoms with E-state index >= 15 is 0 Å². The van der Waals surface area contributed by atoms with Gasteiger partial charge in [-0.3, -0.25) is 4.79 Å². The van der Waals surface area contributed by atoms with Crippen molar-refractivity contribution in [1.82, 2.24) is 4.90 Å². The van der Waals surface area contributed by atoms with E-state index < -0.39 is 0 Å². The fourth-order valence-corrected chi connectivity index (χ4v) is 4.07. The molecular formula is C19H23NO3S. The van der Waals surface area contributed by atoms with Crippen molar-refractivity contribution in [3.05, 3.63) is 45.6 Å². The Labute approximate surface area is 147 Å². The Morgan fingerprint density at radius 2 is 2.08 bits per heavy atom. The van der Waals surface area contributed by atoms with Crippen molar-refractivity contribution in [1.29, 1.82) is 0 Å². The van der Waals surface area contributed by atoms with Crippen molar-refractivity contribution in [2.24, 2.45) is 0 Å². The van der Waals surface area contributed by atoms with E-state index in [1.54, 1.807) is 24.5 Å². The van der Waals surface area contributed by atoms with Gasteiger partial charge in [-0.1, -0.05) is 0 Å². The molecule has 5 heteroatoms. The van der Waals surface area contributed by atoms with Crippen LogP contribution in [0.1, 0.15) is 47.6 Å². The van der Waals surface area contributed by atoms with Crippen LogP contribution in [-0.4, -0.2) is 30.6 Å². The van der Waals surface area contributed by atoms with E-state index in [0.717, 1.165) is 13.0 Å².